The summed E-state index contributed by atoms with van der Waals surface area (Å²) < 4.78 is 0. The van der Waals surface area contributed by atoms with E-state index in [-0.39, 0.29) is 0 Å². The Bertz CT molecular complexity index is 359. The number of hydrogen-bond donors (Lipinski definition) is 0. The molecule has 0 aromatic rings. The van der Waals surface area contributed by atoms with E-state index in [2.05, 4.69) is 30.9 Å². The molecule has 0 radical (unpaired) electrons. The van der Waals surface area contributed by atoms with Crippen molar-refractivity contribution in [1.29, 1.82) is 0 Å². The van der Waals surface area contributed by atoms with Gasteiger partial charge in [0.2, 0.25) is 5.91 Å². The second kappa shape index (κ2) is 9.37. The summed E-state index contributed by atoms with van der Waals surface area (Å²) in [5, 5.41) is 0. The van der Waals surface area contributed by atoms with Crippen LogP contribution in [-0.2, 0) is 4.79 Å². The van der Waals surface area contributed by atoms with E-state index in [1.54, 1.807) is 0 Å². The van der Waals surface area contributed by atoms with Crippen LogP contribution in [0.25, 0.3) is 0 Å². The quantitative estimate of drug-likeness (QED) is 0.359. The minimum absolute atomic E-state index is 0.384. The molecule has 22 heavy (non-hydrogen) atoms. The molecule has 1 amide bonds. The van der Waals surface area contributed by atoms with E-state index in [1.807, 2.05) is 0 Å². The number of rotatable bonds is 12. The first-order valence-electron chi connectivity index (χ1n) is 9.70. The summed E-state index contributed by atoms with van der Waals surface area (Å²) in [7, 11) is 0. The Morgan fingerprint density at radius 1 is 1.05 bits per heavy atom. The normalized spacial score (nSPS) is 23.9. The summed E-state index contributed by atoms with van der Waals surface area (Å²) in [4.78, 5) is 14.4. The number of hydrogen-bond acceptors (Lipinski definition) is 1. The van der Waals surface area contributed by atoms with Gasteiger partial charge in [-0.15, -0.1) is 0 Å². The topological polar surface area (TPSA) is 20.3 Å². The van der Waals surface area contributed by atoms with Gasteiger partial charge in [0.05, 0.1) is 0 Å². The van der Waals surface area contributed by atoms with Gasteiger partial charge >= 0.3 is 0 Å². The average Bonchev–Trinajstić information content (AvgIpc) is 3.41. The molecule has 0 saturated heterocycles. The van der Waals surface area contributed by atoms with E-state index in [1.165, 1.54) is 44.9 Å². The van der Waals surface area contributed by atoms with E-state index in [9.17, 15) is 4.79 Å². The minimum atomic E-state index is 0.384. The SMILES string of the molecule is CCCCC/C=C\CCC1CC1CN(CCC)C(=O)C1CC1. The number of unbranched alkanes of at least 4 members (excludes halogenated alkanes) is 3. The highest BCUT2D eigenvalue weighted by atomic mass is 16.2. The van der Waals surface area contributed by atoms with Crippen LogP contribution in [-0.4, -0.2) is 23.9 Å². The molecule has 0 bridgehead atoms. The molecule has 2 nitrogen and oxygen atoms in total. The minimum Gasteiger partial charge on any atom is -0.342 e. The molecular weight excluding hydrogens is 270 g/mol. The van der Waals surface area contributed by atoms with Crippen molar-refractivity contribution in [2.45, 2.75) is 78.1 Å². The standard InChI is InChI=1S/C20H35NO/c1-3-5-6-7-8-9-10-11-18-15-19(18)16-21(14-4-2)20(22)17-12-13-17/h8-9,17-19H,3-7,10-16H2,1-2H3/b9-8-. The van der Waals surface area contributed by atoms with Gasteiger partial charge in [0.25, 0.3) is 0 Å². The van der Waals surface area contributed by atoms with Crippen LogP contribution in [0.4, 0.5) is 0 Å². The highest BCUT2D eigenvalue weighted by molar-refractivity contribution is 5.81. The Balaban J connectivity index is 1.57. The van der Waals surface area contributed by atoms with Gasteiger partial charge in [-0.25, -0.2) is 0 Å². The van der Waals surface area contributed by atoms with E-state index >= 15 is 0 Å². The maximum absolute atomic E-state index is 12.3. The zero-order chi connectivity index (χ0) is 15.8. The first-order chi connectivity index (χ1) is 10.8. The van der Waals surface area contributed by atoms with Crippen LogP contribution >= 0.6 is 0 Å². The molecule has 2 fully saturated rings. The van der Waals surface area contributed by atoms with Crippen LogP contribution in [0, 0.1) is 17.8 Å². The van der Waals surface area contributed by atoms with Crippen molar-refractivity contribution in [1.82, 2.24) is 4.90 Å². The lowest BCUT2D eigenvalue weighted by atomic mass is 10.1. The van der Waals surface area contributed by atoms with Crippen LogP contribution in [0.3, 0.4) is 0 Å². The van der Waals surface area contributed by atoms with Gasteiger partial charge in [-0.3, -0.25) is 4.79 Å². The summed E-state index contributed by atoms with van der Waals surface area (Å²) in [5.74, 6) is 2.51. The zero-order valence-electron chi connectivity index (χ0n) is 14.7. The molecule has 2 unspecified atom stereocenters. The molecule has 2 aliphatic rings. The molecule has 2 atom stereocenters. The highest BCUT2D eigenvalue weighted by Gasteiger charge is 2.40. The summed E-state index contributed by atoms with van der Waals surface area (Å²) >= 11 is 0. The number of nitrogens with zero attached hydrogens (tertiary/aromatic N) is 1. The molecule has 0 aromatic heterocycles. The number of amides is 1. The molecule has 2 heteroatoms. The molecule has 0 aliphatic heterocycles. The van der Waals surface area contributed by atoms with E-state index in [0.717, 1.165) is 44.2 Å². The number of allylic oxidation sites excluding steroid dienone is 2. The fraction of sp³-hybridized carbons (Fsp3) is 0.850. The van der Waals surface area contributed by atoms with Gasteiger partial charge in [0.15, 0.2) is 0 Å². The third kappa shape index (κ3) is 6.14. The maximum atomic E-state index is 12.3. The van der Waals surface area contributed by atoms with E-state index < -0.39 is 0 Å². The van der Waals surface area contributed by atoms with Gasteiger partial charge in [-0.05, 0) is 63.2 Å². The van der Waals surface area contributed by atoms with Gasteiger partial charge in [-0.2, -0.15) is 0 Å². The van der Waals surface area contributed by atoms with Crippen LogP contribution < -0.4 is 0 Å². The third-order valence-corrected chi connectivity index (χ3v) is 5.10. The Morgan fingerprint density at radius 2 is 1.82 bits per heavy atom. The molecule has 2 saturated carbocycles. The molecule has 126 valence electrons. The van der Waals surface area contributed by atoms with Gasteiger partial charge in [-0.1, -0.05) is 38.8 Å². The maximum Gasteiger partial charge on any atom is 0.225 e. The Kier molecular flexibility index (Phi) is 7.48. The van der Waals surface area contributed by atoms with E-state index in [4.69, 9.17) is 0 Å². The Labute approximate surface area is 137 Å². The molecular formula is C20H35NO. The van der Waals surface area contributed by atoms with Gasteiger partial charge < -0.3 is 4.90 Å². The fourth-order valence-electron chi connectivity index (χ4n) is 3.38. The predicted molar refractivity (Wildman–Crippen MR) is 93.7 cm³/mol. The van der Waals surface area contributed by atoms with E-state index in [0.29, 0.717) is 11.8 Å². The molecule has 2 aliphatic carbocycles. The number of carbonyl (C=O) groups excluding carboxylic acids is 1. The fourth-order valence-corrected chi connectivity index (χ4v) is 3.38. The summed E-state index contributed by atoms with van der Waals surface area (Å²) in [6.45, 7) is 6.44. The Hall–Kier alpha value is -0.790. The molecule has 0 heterocycles. The lowest BCUT2D eigenvalue weighted by molar-refractivity contribution is -0.132. The zero-order valence-corrected chi connectivity index (χ0v) is 14.7. The molecule has 2 rings (SSSR count). The van der Waals surface area contributed by atoms with Crippen LogP contribution in [0.15, 0.2) is 12.2 Å². The third-order valence-electron chi connectivity index (χ3n) is 5.10. The highest BCUT2D eigenvalue weighted by Crippen LogP contribution is 2.43. The number of carbonyl (C=O) groups is 1. The first kappa shape index (κ1) is 17.6. The van der Waals surface area contributed by atoms with Gasteiger partial charge in [0.1, 0.15) is 0 Å². The smallest absolute Gasteiger partial charge is 0.225 e. The lowest BCUT2D eigenvalue weighted by Gasteiger charge is -2.22. The van der Waals surface area contributed by atoms with Crippen LogP contribution in [0.1, 0.15) is 78.1 Å². The summed E-state index contributed by atoms with van der Waals surface area (Å²) in [5.41, 5.74) is 0. The van der Waals surface area contributed by atoms with Crippen molar-refractivity contribution >= 4 is 5.91 Å². The first-order valence-corrected chi connectivity index (χ1v) is 9.70. The second-order valence-corrected chi connectivity index (χ2v) is 7.36. The van der Waals surface area contributed by atoms with Gasteiger partial charge in [0, 0.05) is 19.0 Å². The molecule has 0 spiro atoms. The molecule has 0 N–H and O–H groups in total. The van der Waals surface area contributed by atoms with Crippen LogP contribution in [0.5, 0.6) is 0 Å². The van der Waals surface area contributed by atoms with Crippen molar-refractivity contribution in [3.05, 3.63) is 12.2 Å². The molecule has 0 aromatic carbocycles. The lowest BCUT2D eigenvalue weighted by Crippen LogP contribution is -2.35. The Morgan fingerprint density at radius 3 is 2.50 bits per heavy atom. The van der Waals surface area contributed by atoms with Crippen LogP contribution in [0.2, 0.25) is 0 Å². The summed E-state index contributed by atoms with van der Waals surface area (Å²) in [6, 6.07) is 0. The van der Waals surface area contributed by atoms with Crippen molar-refractivity contribution in [2.75, 3.05) is 13.1 Å². The van der Waals surface area contributed by atoms with Crippen molar-refractivity contribution in [2.24, 2.45) is 17.8 Å². The summed E-state index contributed by atoms with van der Waals surface area (Å²) in [6.07, 6.45) is 17.3. The second-order valence-electron chi connectivity index (χ2n) is 7.36. The average molecular weight is 306 g/mol. The predicted octanol–water partition coefficient (Wildman–Crippen LogP) is 5.19. The van der Waals surface area contributed by atoms with Crippen molar-refractivity contribution in [3.8, 4) is 0 Å². The van der Waals surface area contributed by atoms with Crippen molar-refractivity contribution in [3.63, 3.8) is 0 Å². The largest absolute Gasteiger partial charge is 0.342 e. The monoisotopic (exact) mass is 305 g/mol. The van der Waals surface area contributed by atoms with Crippen molar-refractivity contribution < 1.29 is 4.79 Å².